The van der Waals surface area contributed by atoms with Crippen molar-refractivity contribution < 1.29 is 27.9 Å². The van der Waals surface area contributed by atoms with Crippen molar-refractivity contribution in [2.45, 2.75) is 12.6 Å². The molecule has 18 heavy (non-hydrogen) atoms. The molecule has 0 unspecified atom stereocenters. The van der Waals surface area contributed by atoms with Gasteiger partial charge in [-0.1, -0.05) is 0 Å². The molecule has 0 aliphatic heterocycles. The summed E-state index contributed by atoms with van der Waals surface area (Å²) < 4.78 is 38.0. The van der Waals surface area contributed by atoms with Crippen molar-refractivity contribution in [3.63, 3.8) is 0 Å². The predicted molar refractivity (Wildman–Crippen MR) is 52.9 cm³/mol. The van der Waals surface area contributed by atoms with Gasteiger partial charge in [0.2, 0.25) is 0 Å². The Labute approximate surface area is 99.3 Å². The molecule has 1 aromatic carbocycles. The highest BCUT2D eigenvalue weighted by atomic mass is 19.4. The summed E-state index contributed by atoms with van der Waals surface area (Å²) in [6.45, 7) is 0. The van der Waals surface area contributed by atoms with Gasteiger partial charge in [0.15, 0.2) is 6.29 Å². The number of aliphatic carboxylic acids is 1. The second-order valence-electron chi connectivity index (χ2n) is 3.35. The number of hydrogen-bond donors (Lipinski definition) is 1. The van der Waals surface area contributed by atoms with Gasteiger partial charge in [0, 0.05) is 5.56 Å². The first-order chi connectivity index (χ1) is 8.31. The third kappa shape index (κ3) is 2.66. The maximum Gasteiger partial charge on any atom is 0.416 e. The number of aldehydes is 1. The molecule has 1 N–H and O–H groups in total. The molecule has 0 aliphatic carbocycles. The number of nitrogens with zero attached hydrogens (tertiary/aromatic N) is 1. The van der Waals surface area contributed by atoms with Gasteiger partial charge in [-0.2, -0.15) is 18.4 Å². The normalized spacial score (nSPS) is 10.8. The molecule has 4 nitrogen and oxygen atoms in total. The summed E-state index contributed by atoms with van der Waals surface area (Å²) in [6, 6.07) is 2.89. The average Bonchev–Trinajstić information content (AvgIpc) is 2.25. The first kappa shape index (κ1) is 13.7. The number of carbonyl (C=O) groups excluding carboxylic acids is 1. The van der Waals surface area contributed by atoms with Crippen LogP contribution >= 0.6 is 0 Å². The Hall–Kier alpha value is -2.36. The van der Waals surface area contributed by atoms with Gasteiger partial charge in [-0.05, 0) is 17.7 Å². The fraction of sp³-hybridized carbons (Fsp3) is 0.182. The van der Waals surface area contributed by atoms with Crippen LogP contribution in [-0.2, 0) is 17.4 Å². The van der Waals surface area contributed by atoms with E-state index in [9.17, 15) is 22.8 Å². The molecule has 0 aromatic heterocycles. The molecular weight excluding hydrogens is 251 g/mol. The number of halogens is 3. The van der Waals surface area contributed by atoms with Gasteiger partial charge in [0.05, 0.1) is 17.5 Å². The van der Waals surface area contributed by atoms with Crippen LogP contribution < -0.4 is 0 Å². The van der Waals surface area contributed by atoms with E-state index in [0.717, 1.165) is 6.07 Å². The van der Waals surface area contributed by atoms with E-state index in [1.165, 1.54) is 6.07 Å². The van der Waals surface area contributed by atoms with Crippen LogP contribution in [0.1, 0.15) is 27.0 Å². The summed E-state index contributed by atoms with van der Waals surface area (Å²) in [5.41, 5.74) is -2.72. The van der Waals surface area contributed by atoms with E-state index in [1.54, 1.807) is 0 Å². The van der Waals surface area contributed by atoms with Crippen LogP contribution in [0.5, 0.6) is 0 Å². The standard InChI is InChI=1S/C11H6F3NO3/c12-11(13,14)9-2-1-6(5-16)8(4-15)7(9)3-10(17)18/h1-2,5H,3H2,(H,17,18). The number of carboxylic acid groups (broad SMARTS) is 1. The van der Waals surface area contributed by atoms with Crippen molar-refractivity contribution in [3.05, 3.63) is 34.4 Å². The van der Waals surface area contributed by atoms with Crippen molar-refractivity contribution in [1.29, 1.82) is 5.26 Å². The molecule has 0 atom stereocenters. The average molecular weight is 257 g/mol. The maximum atomic E-state index is 12.7. The molecule has 94 valence electrons. The van der Waals surface area contributed by atoms with Gasteiger partial charge in [0.25, 0.3) is 0 Å². The van der Waals surface area contributed by atoms with E-state index in [-0.39, 0.29) is 11.8 Å². The number of hydrogen-bond acceptors (Lipinski definition) is 3. The van der Waals surface area contributed by atoms with Crippen LogP contribution in [-0.4, -0.2) is 17.4 Å². The summed E-state index contributed by atoms with van der Waals surface area (Å²) in [5, 5.41) is 17.3. The van der Waals surface area contributed by atoms with E-state index in [4.69, 9.17) is 10.4 Å². The van der Waals surface area contributed by atoms with Crippen LogP contribution in [0.4, 0.5) is 13.2 Å². The molecule has 0 saturated heterocycles. The van der Waals surface area contributed by atoms with Crippen LogP contribution in [0, 0.1) is 11.3 Å². The molecular formula is C11H6F3NO3. The van der Waals surface area contributed by atoms with E-state index < -0.39 is 35.3 Å². The van der Waals surface area contributed by atoms with Gasteiger partial charge in [-0.25, -0.2) is 0 Å². The van der Waals surface area contributed by atoms with Crippen molar-refractivity contribution in [2.24, 2.45) is 0 Å². The molecule has 0 saturated carbocycles. The molecule has 0 bridgehead atoms. The second kappa shape index (κ2) is 4.87. The molecule has 0 heterocycles. The maximum absolute atomic E-state index is 12.7. The molecule has 1 aromatic rings. The predicted octanol–water partition coefficient (Wildman–Crippen LogP) is 2.02. The Balaban J connectivity index is 3.60. The number of alkyl halides is 3. The molecule has 7 heteroatoms. The van der Waals surface area contributed by atoms with Gasteiger partial charge in [-0.3, -0.25) is 9.59 Å². The Morgan fingerprint density at radius 3 is 2.44 bits per heavy atom. The van der Waals surface area contributed by atoms with E-state index in [2.05, 4.69) is 0 Å². The lowest BCUT2D eigenvalue weighted by atomic mass is 9.94. The summed E-state index contributed by atoms with van der Waals surface area (Å²) in [6.07, 6.45) is -5.54. The monoisotopic (exact) mass is 257 g/mol. The number of nitriles is 1. The number of carboxylic acids is 1. The minimum atomic E-state index is -4.78. The fourth-order valence-corrected chi connectivity index (χ4v) is 1.50. The minimum Gasteiger partial charge on any atom is -0.481 e. The Morgan fingerprint density at radius 2 is 2.06 bits per heavy atom. The Kier molecular flexibility index (Phi) is 3.71. The lowest BCUT2D eigenvalue weighted by molar-refractivity contribution is -0.139. The van der Waals surface area contributed by atoms with Crippen molar-refractivity contribution in [2.75, 3.05) is 0 Å². The quantitative estimate of drug-likeness (QED) is 0.840. The fourth-order valence-electron chi connectivity index (χ4n) is 1.50. The minimum absolute atomic E-state index is 0.212. The third-order valence-electron chi connectivity index (χ3n) is 2.22. The van der Waals surface area contributed by atoms with Crippen molar-refractivity contribution in [3.8, 4) is 6.07 Å². The van der Waals surface area contributed by atoms with Crippen molar-refractivity contribution >= 4 is 12.3 Å². The lowest BCUT2D eigenvalue weighted by Crippen LogP contribution is -2.15. The highest BCUT2D eigenvalue weighted by molar-refractivity contribution is 5.82. The van der Waals surface area contributed by atoms with Crippen molar-refractivity contribution in [1.82, 2.24) is 0 Å². The third-order valence-corrected chi connectivity index (χ3v) is 2.22. The topological polar surface area (TPSA) is 78.2 Å². The Morgan fingerprint density at radius 1 is 1.44 bits per heavy atom. The van der Waals surface area contributed by atoms with E-state index in [1.807, 2.05) is 0 Å². The summed E-state index contributed by atoms with van der Waals surface area (Å²) >= 11 is 0. The molecule has 1 rings (SSSR count). The van der Waals surface area contributed by atoms with E-state index >= 15 is 0 Å². The number of carbonyl (C=O) groups is 2. The zero-order valence-electron chi connectivity index (χ0n) is 8.78. The molecule has 0 amide bonds. The highest BCUT2D eigenvalue weighted by Gasteiger charge is 2.35. The summed E-state index contributed by atoms with van der Waals surface area (Å²) in [4.78, 5) is 21.2. The van der Waals surface area contributed by atoms with Gasteiger partial charge < -0.3 is 5.11 Å². The Bertz CT molecular complexity index is 544. The van der Waals surface area contributed by atoms with Crippen LogP contribution in [0.2, 0.25) is 0 Å². The smallest absolute Gasteiger partial charge is 0.416 e. The lowest BCUT2D eigenvalue weighted by Gasteiger charge is -2.13. The molecule has 0 aliphatic rings. The molecule has 0 radical (unpaired) electrons. The number of benzene rings is 1. The summed E-state index contributed by atoms with van der Waals surface area (Å²) in [5.74, 6) is -1.51. The number of rotatable bonds is 3. The zero-order chi connectivity index (χ0) is 13.9. The molecule has 0 fully saturated rings. The van der Waals surface area contributed by atoms with E-state index in [0.29, 0.717) is 6.07 Å². The van der Waals surface area contributed by atoms with Crippen LogP contribution in [0.25, 0.3) is 0 Å². The largest absolute Gasteiger partial charge is 0.481 e. The zero-order valence-corrected chi connectivity index (χ0v) is 8.78. The van der Waals surface area contributed by atoms with Crippen LogP contribution in [0.15, 0.2) is 12.1 Å². The SMILES string of the molecule is N#Cc1c(C=O)ccc(C(F)(F)F)c1CC(=O)O. The second-order valence-corrected chi connectivity index (χ2v) is 3.35. The molecule has 0 spiro atoms. The first-order valence-corrected chi connectivity index (χ1v) is 4.61. The van der Waals surface area contributed by atoms with Gasteiger partial charge in [0.1, 0.15) is 6.07 Å². The van der Waals surface area contributed by atoms with Gasteiger partial charge in [-0.15, -0.1) is 0 Å². The van der Waals surface area contributed by atoms with Crippen LogP contribution in [0.3, 0.4) is 0 Å². The highest BCUT2D eigenvalue weighted by Crippen LogP contribution is 2.34. The summed E-state index contributed by atoms with van der Waals surface area (Å²) in [7, 11) is 0. The van der Waals surface area contributed by atoms with Gasteiger partial charge >= 0.3 is 12.1 Å². The first-order valence-electron chi connectivity index (χ1n) is 4.61.